The average molecular weight is 358 g/mol. The Morgan fingerprint density at radius 2 is 1.76 bits per heavy atom. The van der Waals surface area contributed by atoms with E-state index in [9.17, 15) is 13.2 Å². The second-order valence-electron chi connectivity index (χ2n) is 4.25. The summed E-state index contributed by atoms with van der Waals surface area (Å²) in [6, 6.07) is 13.0. The molecule has 0 bridgehead atoms. The number of hydrogen-bond donors (Lipinski definition) is 0. The molecular formula is C15H11BrF3NO. The number of halogens is 4. The zero-order valence-electron chi connectivity index (χ0n) is 11.0. The highest BCUT2D eigenvalue weighted by Crippen LogP contribution is 2.25. The van der Waals surface area contributed by atoms with Gasteiger partial charge in [0, 0.05) is 10.2 Å². The monoisotopic (exact) mass is 357 g/mol. The molecule has 0 saturated carbocycles. The molecule has 0 aromatic heterocycles. The maximum atomic E-state index is 12.1. The Balaban J connectivity index is 2.17. The van der Waals surface area contributed by atoms with Crippen LogP contribution in [0.5, 0.6) is 5.75 Å². The van der Waals surface area contributed by atoms with Gasteiger partial charge in [0.2, 0.25) is 0 Å². The van der Waals surface area contributed by atoms with Crippen LogP contribution in [0.4, 0.5) is 18.9 Å². The SMILES string of the molecule is C/C(=N\c1ccc(OC(F)(F)F)cc1)c1cccc(Br)c1. The maximum absolute atomic E-state index is 12.1. The summed E-state index contributed by atoms with van der Waals surface area (Å²) < 4.78 is 40.9. The Hall–Kier alpha value is -1.82. The number of nitrogens with zero attached hydrogens (tertiary/aromatic N) is 1. The molecule has 0 aliphatic heterocycles. The van der Waals surface area contributed by atoms with Gasteiger partial charge in [-0.2, -0.15) is 0 Å². The predicted octanol–water partition coefficient (Wildman–Crippen LogP) is 5.49. The average Bonchev–Trinajstić information content (AvgIpc) is 2.39. The fraction of sp³-hybridized carbons (Fsp3) is 0.133. The van der Waals surface area contributed by atoms with Gasteiger partial charge in [0.25, 0.3) is 0 Å². The lowest BCUT2D eigenvalue weighted by atomic mass is 10.1. The van der Waals surface area contributed by atoms with Crippen LogP contribution in [-0.4, -0.2) is 12.1 Å². The van der Waals surface area contributed by atoms with Crippen molar-refractivity contribution in [2.75, 3.05) is 0 Å². The van der Waals surface area contributed by atoms with Crippen LogP contribution in [0.15, 0.2) is 58.0 Å². The van der Waals surface area contributed by atoms with Crippen LogP contribution in [0, 0.1) is 0 Å². The molecule has 0 aliphatic carbocycles. The Bertz CT molecular complexity index is 651. The first-order valence-corrected chi connectivity index (χ1v) is 6.80. The first-order chi connectivity index (χ1) is 9.83. The lowest BCUT2D eigenvalue weighted by Gasteiger charge is -2.08. The molecule has 2 aromatic rings. The third kappa shape index (κ3) is 4.90. The molecule has 6 heteroatoms. The molecule has 0 atom stereocenters. The quantitative estimate of drug-likeness (QED) is 0.665. The summed E-state index contributed by atoms with van der Waals surface area (Å²) >= 11 is 3.38. The third-order valence-electron chi connectivity index (χ3n) is 2.61. The molecule has 110 valence electrons. The van der Waals surface area contributed by atoms with E-state index in [-0.39, 0.29) is 5.75 Å². The van der Waals surface area contributed by atoms with Crippen molar-refractivity contribution in [1.29, 1.82) is 0 Å². The van der Waals surface area contributed by atoms with Crippen molar-refractivity contribution in [3.8, 4) is 5.75 Å². The van der Waals surface area contributed by atoms with E-state index >= 15 is 0 Å². The first kappa shape index (κ1) is 15.6. The largest absolute Gasteiger partial charge is 0.573 e. The molecule has 0 unspecified atom stereocenters. The minimum absolute atomic E-state index is 0.262. The first-order valence-electron chi connectivity index (χ1n) is 6.00. The molecular weight excluding hydrogens is 347 g/mol. The zero-order valence-corrected chi connectivity index (χ0v) is 12.6. The maximum Gasteiger partial charge on any atom is 0.573 e. The number of hydrogen-bond acceptors (Lipinski definition) is 2. The number of ether oxygens (including phenoxy) is 1. The Kier molecular flexibility index (Phi) is 4.67. The van der Waals surface area contributed by atoms with Crippen LogP contribution < -0.4 is 4.74 Å². The summed E-state index contributed by atoms with van der Waals surface area (Å²) in [5.41, 5.74) is 2.25. The van der Waals surface area contributed by atoms with Gasteiger partial charge in [-0.25, -0.2) is 0 Å². The zero-order chi connectivity index (χ0) is 15.5. The van der Waals surface area contributed by atoms with Crippen molar-refractivity contribution < 1.29 is 17.9 Å². The number of alkyl halides is 3. The molecule has 0 N–H and O–H groups in total. The van der Waals surface area contributed by atoms with Gasteiger partial charge >= 0.3 is 6.36 Å². The normalized spacial score (nSPS) is 12.3. The smallest absolute Gasteiger partial charge is 0.406 e. The molecule has 0 radical (unpaired) electrons. The molecule has 0 aliphatic rings. The second-order valence-corrected chi connectivity index (χ2v) is 5.16. The van der Waals surface area contributed by atoms with Crippen molar-refractivity contribution in [2.24, 2.45) is 4.99 Å². The van der Waals surface area contributed by atoms with E-state index in [1.54, 1.807) is 0 Å². The van der Waals surface area contributed by atoms with Crippen LogP contribution in [0.3, 0.4) is 0 Å². The molecule has 0 amide bonds. The minimum Gasteiger partial charge on any atom is -0.406 e. The van der Waals surface area contributed by atoms with Crippen LogP contribution >= 0.6 is 15.9 Å². The van der Waals surface area contributed by atoms with E-state index in [0.29, 0.717) is 5.69 Å². The highest BCUT2D eigenvalue weighted by atomic mass is 79.9. The van der Waals surface area contributed by atoms with Crippen LogP contribution in [0.2, 0.25) is 0 Å². The van der Waals surface area contributed by atoms with E-state index in [1.807, 2.05) is 31.2 Å². The highest BCUT2D eigenvalue weighted by molar-refractivity contribution is 9.10. The topological polar surface area (TPSA) is 21.6 Å². The fourth-order valence-electron chi connectivity index (χ4n) is 1.69. The molecule has 0 spiro atoms. The Morgan fingerprint density at radius 3 is 2.33 bits per heavy atom. The fourth-order valence-corrected chi connectivity index (χ4v) is 2.09. The number of benzene rings is 2. The summed E-state index contributed by atoms with van der Waals surface area (Å²) in [5.74, 6) is -0.262. The number of rotatable bonds is 3. The van der Waals surface area contributed by atoms with Gasteiger partial charge in [-0.3, -0.25) is 4.99 Å². The van der Waals surface area contributed by atoms with Gasteiger partial charge in [0.05, 0.1) is 5.69 Å². The summed E-state index contributed by atoms with van der Waals surface area (Å²) in [7, 11) is 0. The molecule has 21 heavy (non-hydrogen) atoms. The van der Waals surface area contributed by atoms with Crippen molar-refractivity contribution >= 4 is 27.3 Å². The van der Waals surface area contributed by atoms with Crippen LogP contribution in [0.1, 0.15) is 12.5 Å². The van der Waals surface area contributed by atoms with Crippen LogP contribution in [-0.2, 0) is 0 Å². The Labute approximate surface area is 128 Å². The van der Waals surface area contributed by atoms with E-state index < -0.39 is 6.36 Å². The van der Waals surface area contributed by atoms with E-state index in [4.69, 9.17) is 0 Å². The van der Waals surface area contributed by atoms with Crippen molar-refractivity contribution in [1.82, 2.24) is 0 Å². The third-order valence-corrected chi connectivity index (χ3v) is 3.10. The molecule has 2 rings (SSSR count). The lowest BCUT2D eigenvalue weighted by molar-refractivity contribution is -0.274. The van der Waals surface area contributed by atoms with Crippen molar-refractivity contribution in [3.63, 3.8) is 0 Å². The lowest BCUT2D eigenvalue weighted by Crippen LogP contribution is -2.16. The highest BCUT2D eigenvalue weighted by Gasteiger charge is 2.30. The van der Waals surface area contributed by atoms with Gasteiger partial charge in [0.1, 0.15) is 5.75 Å². The molecule has 2 nitrogen and oxygen atoms in total. The van der Waals surface area contributed by atoms with Crippen molar-refractivity contribution in [2.45, 2.75) is 13.3 Å². The van der Waals surface area contributed by atoms with Gasteiger partial charge in [0.15, 0.2) is 0 Å². The molecule has 0 saturated heterocycles. The van der Waals surface area contributed by atoms with E-state index in [1.165, 1.54) is 24.3 Å². The van der Waals surface area contributed by atoms with Gasteiger partial charge in [-0.05, 0) is 48.9 Å². The molecule has 2 aromatic carbocycles. The van der Waals surface area contributed by atoms with E-state index in [2.05, 4.69) is 25.7 Å². The van der Waals surface area contributed by atoms with Crippen LogP contribution in [0.25, 0.3) is 0 Å². The van der Waals surface area contributed by atoms with Crippen molar-refractivity contribution in [3.05, 3.63) is 58.6 Å². The summed E-state index contributed by atoms with van der Waals surface area (Å²) in [5, 5.41) is 0. The second kappa shape index (κ2) is 6.30. The Morgan fingerprint density at radius 1 is 1.10 bits per heavy atom. The summed E-state index contributed by atoms with van der Waals surface area (Å²) in [4.78, 5) is 4.37. The summed E-state index contributed by atoms with van der Waals surface area (Å²) in [6.07, 6.45) is -4.68. The molecule has 0 heterocycles. The van der Waals surface area contributed by atoms with E-state index in [0.717, 1.165) is 15.7 Å². The standard InChI is InChI=1S/C15H11BrF3NO/c1-10(11-3-2-4-12(16)9-11)20-13-5-7-14(8-6-13)21-15(17,18)19/h2-9H,1H3/b20-10+. The summed E-state index contributed by atoms with van der Waals surface area (Å²) in [6.45, 7) is 1.84. The van der Waals surface area contributed by atoms with Gasteiger partial charge < -0.3 is 4.74 Å². The molecule has 0 fully saturated rings. The predicted molar refractivity (Wildman–Crippen MR) is 79.1 cm³/mol. The number of aliphatic imine (C=N–C) groups is 1. The minimum atomic E-state index is -4.68. The van der Waals surface area contributed by atoms with Gasteiger partial charge in [-0.1, -0.05) is 28.1 Å². The van der Waals surface area contributed by atoms with Gasteiger partial charge in [-0.15, -0.1) is 13.2 Å².